The fourth-order valence-corrected chi connectivity index (χ4v) is 1.71. The fraction of sp³-hybridized carbons (Fsp3) is 0.500. The van der Waals surface area contributed by atoms with Crippen molar-refractivity contribution in [3.05, 3.63) is 29.8 Å². The number of aliphatic hydroxyl groups excluding tert-OH is 1. The standard InChI is InChI=1S/C14H21NO3/c1-11(15-14(17)8-3-4-9-16)12-6-5-7-13(10-12)18-2/h5-7,10-11,16H,3-4,8-9H2,1-2H3,(H,15,17)/t11-/m0/s1. The van der Waals surface area contributed by atoms with Crippen LogP contribution in [0.1, 0.15) is 37.8 Å². The maximum Gasteiger partial charge on any atom is 0.220 e. The van der Waals surface area contributed by atoms with E-state index < -0.39 is 0 Å². The summed E-state index contributed by atoms with van der Waals surface area (Å²) in [6.45, 7) is 2.08. The van der Waals surface area contributed by atoms with Gasteiger partial charge < -0.3 is 15.2 Å². The van der Waals surface area contributed by atoms with Gasteiger partial charge in [0.1, 0.15) is 5.75 Å². The van der Waals surface area contributed by atoms with Gasteiger partial charge >= 0.3 is 0 Å². The SMILES string of the molecule is COc1cccc([C@H](C)NC(=O)CCCCO)c1. The molecule has 0 saturated carbocycles. The molecule has 4 heteroatoms. The lowest BCUT2D eigenvalue weighted by molar-refractivity contribution is -0.121. The summed E-state index contributed by atoms with van der Waals surface area (Å²) in [4.78, 5) is 11.6. The van der Waals surface area contributed by atoms with Crippen LogP contribution in [0.4, 0.5) is 0 Å². The first-order valence-corrected chi connectivity index (χ1v) is 6.21. The molecule has 0 heterocycles. The molecule has 0 saturated heterocycles. The summed E-state index contributed by atoms with van der Waals surface area (Å²) in [6, 6.07) is 7.61. The van der Waals surface area contributed by atoms with E-state index >= 15 is 0 Å². The van der Waals surface area contributed by atoms with E-state index in [2.05, 4.69) is 5.32 Å². The van der Waals surface area contributed by atoms with E-state index in [0.717, 1.165) is 11.3 Å². The zero-order valence-electron chi connectivity index (χ0n) is 11.0. The number of rotatable bonds is 7. The molecular weight excluding hydrogens is 230 g/mol. The maximum absolute atomic E-state index is 11.6. The van der Waals surface area contributed by atoms with Gasteiger partial charge in [0.2, 0.25) is 5.91 Å². The first-order chi connectivity index (χ1) is 8.67. The molecule has 1 aromatic carbocycles. The number of amides is 1. The second-order valence-electron chi connectivity index (χ2n) is 4.25. The van der Waals surface area contributed by atoms with E-state index in [4.69, 9.17) is 9.84 Å². The van der Waals surface area contributed by atoms with Crippen molar-refractivity contribution < 1.29 is 14.6 Å². The van der Waals surface area contributed by atoms with Crippen molar-refractivity contribution in [1.82, 2.24) is 5.32 Å². The average Bonchev–Trinajstić information content (AvgIpc) is 2.39. The molecule has 0 aromatic heterocycles. The van der Waals surface area contributed by atoms with Gasteiger partial charge in [0.05, 0.1) is 13.2 Å². The van der Waals surface area contributed by atoms with Crippen LogP contribution >= 0.6 is 0 Å². The van der Waals surface area contributed by atoms with Crippen LogP contribution in [-0.4, -0.2) is 24.7 Å². The van der Waals surface area contributed by atoms with Crippen LogP contribution < -0.4 is 10.1 Å². The molecule has 0 radical (unpaired) electrons. The van der Waals surface area contributed by atoms with Gasteiger partial charge in [-0.05, 0) is 37.5 Å². The lowest BCUT2D eigenvalue weighted by Crippen LogP contribution is -2.26. The van der Waals surface area contributed by atoms with Crippen molar-refractivity contribution in [2.45, 2.75) is 32.2 Å². The number of carbonyl (C=O) groups is 1. The molecule has 1 rings (SSSR count). The molecule has 100 valence electrons. The molecule has 0 spiro atoms. The second kappa shape index (κ2) is 7.71. The minimum absolute atomic E-state index is 0.0127. The van der Waals surface area contributed by atoms with E-state index in [9.17, 15) is 4.79 Å². The van der Waals surface area contributed by atoms with Crippen LogP contribution in [0.3, 0.4) is 0 Å². The number of ether oxygens (including phenoxy) is 1. The van der Waals surface area contributed by atoms with Crippen molar-refractivity contribution in [2.24, 2.45) is 0 Å². The highest BCUT2D eigenvalue weighted by molar-refractivity contribution is 5.76. The first kappa shape index (κ1) is 14.5. The number of aliphatic hydroxyl groups is 1. The molecule has 0 aliphatic heterocycles. The number of carbonyl (C=O) groups excluding carboxylic acids is 1. The Kier molecular flexibility index (Phi) is 6.22. The first-order valence-electron chi connectivity index (χ1n) is 6.21. The Morgan fingerprint density at radius 1 is 1.44 bits per heavy atom. The molecule has 1 atom stereocenters. The summed E-state index contributed by atoms with van der Waals surface area (Å²) >= 11 is 0. The van der Waals surface area contributed by atoms with E-state index in [0.29, 0.717) is 19.3 Å². The van der Waals surface area contributed by atoms with Gasteiger partial charge in [0, 0.05) is 13.0 Å². The molecule has 4 nitrogen and oxygen atoms in total. The number of hydrogen-bond donors (Lipinski definition) is 2. The Labute approximate surface area is 108 Å². The molecule has 0 unspecified atom stereocenters. The van der Waals surface area contributed by atoms with E-state index in [-0.39, 0.29) is 18.6 Å². The largest absolute Gasteiger partial charge is 0.497 e. The number of unbranched alkanes of at least 4 members (excludes halogenated alkanes) is 1. The molecule has 1 aromatic rings. The smallest absolute Gasteiger partial charge is 0.220 e. The molecule has 0 bridgehead atoms. The maximum atomic E-state index is 11.6. The van der Waals surface area contributed by atoms with Crippen molar-refractivity contribution >= 4 is 5.91 Å². The molecule has 0 aliphatic carbocycles. The monoisotopic (exact) mass is 251 g/mol. The fourth-order valence-electron chi connectivity index (χ4n) is 1.71. The Morgan fingerprint density at radius 3 is 2.89 bits per heavy atom. The topological polar surface area (TPSA) is 58.6 Å². The normalized spacial score (nSPS) is 11.9. The summed E-state index contributed by atoms with van der Waals surface area (Å²) in [5.74, 6) is 0.799. The highest BCUT2D eigenvalue weighted by atomic mass is 16.5. The average molecular weight is 251 g/mol. The van der Waals surface area contributed by atoms with Crippen LogP contribution in [0.2, 0.25) is 0 Å². The highest BCUT2D eigenvalue weighted by Gasteiger charge is 2.09. The van der Waals surface area contributed by atoms with Gasteiger partial charge in [0.25, 0.3) is 0 Å². The highest BCUT2D eigenvalue weighted by Crippen LogP contribution is 2.18. The zero-order valence-corrected chi connectivity index (χ0v) is 11.0. The van der Waals surface area contributed by atoms with Crippen molar-refractivity contribution in [1.29, 1.82) is 0 Å². The minimum atomic E-state index is -0.0401. The minimum Gasteiger partial charge on any atom is -0.497 e. The summed E-state index contributed by atoms with van der Waals surface area (Å²) in [7, 11) is 1.62. The third-order valence-corrected chi connectivity index (χ3v) is 2.78. The summed E-state index contributed by atoms with van der Waals surface area (Å²) in [6.07, 6.45) is 1.84. The molecule has 0 fully saturated rings. The molecular formula is C14H21NO3. The van der Waals surface area contributed by atoms with Gasteiger partial charge in [-0.2, -0.15) is 0 Å². The second-order valence-corrected chi connectivity index (χ2v) is 4.25. The van der Waals surface area contributed by atoms with Gasteiger partial charge in [-0.1, -0.05) is 12.1 Å². The van der Waals surface area contributed by atoms with Gasteiger partial charge in [-0.15, -0.1) is 0 Å². The third kappa shape index (κ3) is 4.75. The summed E-state index contributed by atoms with van der Waals surface area (Å²) in [5, 5.41) is 11.6. The predicted octanol–water partition coefficient (Wildman–Crippen LogP) is 2.04. The molecule has 2 N–H and O–H groups in total. The van der Waals surface area contributed by atoms with Crippen LogP contribution in [-0.2, 0) is 4.79 Å². The third-order valence-electron chi connectivity index (χ3n) is 2.78. The Hall–Kier alpha value is -1.55. The van der Waals surface area contributed by atoms with Crippen LogP contribution in [0.5, 0.6) is 5.75 Å². The quantitative estimate of drug-likeness (QED) is 0.729. The molecule has 1 amide bonds. The number of hydrogen-bond acceptors (Lipinski definition) is 3. The summed E-state index contributed by atoms with van der Waals surface area (Å²) in [5.41, 5.74) is 1.02. The Morgan fingerprint density at radius 2 is 2.22 bits per heavy atom. The zero-order chi connectivity index (χ0) is 13.4. The summed E-state index contributed by atoms with van der Waals surface area (Å²) < 4.78 is 5.15. The predicted molar refractivity (Wildman–Crippen MR) is 70.5 cm³/mol. The lowest BCUT2D eigenvalue weighted by atomic mass is 10.1. The molecule has 0 aliphatic rings. The number of benzene rings is 1. The van der Waals surface area contributed by atoms with E-state index in [1.807, 2.05) is 31.2 Å². The number of nitrogens with one attached hydrogen (secondary N) is 1. The van der Waals surface area contributed by atoms with E-state index in [1.165, 1.54) is 0 Å². The van der Waals surface area contributed by atoms with Crippen LogP contribution in [0.15, 0.2) is 24.3 Å². The Bertz CT molecular complexity index is 379. The van der Waals surface area contributed by atoms with E-state index in [1.54, 1.807) is 7.11 Å². The van der Waals surface area contributed by atoms with Crippen LogP contribution in [0, 0.1) is 0 Å². The van der Waals surface area contributed by atoms with Crippen molar-refractivity contribution in [3.63, 3.8) is 0 Å². The van der Waals surface area contributed by atoms with Crippen molar-refractivity contribution in [2.75, 3.05) is 13.7 Å². The van der Waals surface area contributed by atoms with Gasteiger partial charge in [-0.3, -0.25) is 4.79 Å². The van der Waals surface area contributed by atoms with Gasteiger partial charge in [0.15, 0.2) is 0 Å². The Balaban J connectivity index is 2.48. The van der Waals surface area contributed by atoms with Crippen molar-refractivity contribution in [3.8, 4) is 5.75 Å². The van der Waals surface area contributed by atoms with Gasteiger partial charge in [-0.25, -0.2) is 0 Å². The van der Waals surface area contributed by atoms with Crippen LogP contribution in [0.25, 0.3) is 0 Å². The number of methoxy groups -OCH3 is 1. The lowest BCUT2D eigenvalue weighted by Gasteiger charge is -2.15. The molecule has 18 heavy (non-hydrogen) atoms.